The lowest BCUT2D eigenvalue weighted by atomic mass is 10.1. The van der Waals surface area contributed by atoms with Crippen molar-refractivity contribution >= 4 is 0 Å². The van der Waals surface area contributed by atoms with E-state index in [2.05, 4.69) is 49.8 Å². The maximum absolute atomic E-state index is 4.46. The normalized spacial score (nSPS) is 16.8. The summed E-state index contributed by atoms with van der Waals surface area (Å²) in [5, 5.41) is 0. The van der Waals surface area contributed by atoms with Gasteiger partial charge in [-0.2, -0.15) is 0 Å². The minimum Gasteiger partial charge on any atom is -0.290 e. The molecule has 15 heavy (non-hydrogen) atoms. The van der Waals surface area contributed by atoms with Gasteiger partial charge in [0.1, 0.15) is 0 Å². The fourth-order valence-corrected chi connectivity index (χ4v) is 2.00. The molecule has 82 valence electrons. The summed E-state index contributed by atoms with van der Waals surface area (Å²) < 4.78 is 0. The highest BCUT2D eigenvalue weighted by Crippen LogP contribution is 2.28. The lowest BCUT2D eigenvalue weighted by Crippen LogP contribution is -2.36. The van der Waals surface area contributed by atoms with Crippen LogP contribution in [0.1, 0.15) is 44.5 Å². The maximum Gasteiger partial charge on any atom is 0.0404 e. The van der Waals surface area contributed by atoms with E-state index in [0.29, 0.717) is 0 Å². The fraction of sp³-hybridized carbons (Fsp3) is 0.615. The predicted octanol–water partition coefficient (Wildman–Crippen LogP) is 2.76. The summed E-state index contributed by atoms with van der Waals surface area (Å²) in [5.74, 6) is 0. The molecule has 0 bridgehead atoms. The van der Waals surface area contributed by atoms with E-state index in [9.17, 15) is 0 Å². The lowest BCUT2D eigenvalue weighted by molar-refractivity contribution is 0.136. The Kier molecular flexibility index (Phi) is 2.55. The summed E-state index contributed by atoms with van der Waals surface area (Å²) in [4.78, 5) is 6.96. The van der Waals surface area contributed by atoms with Gasteiger partial charge < -0.3 is 0 Å². The first-order valence-corrected chi connectivity index (χ1v) is 5.72. The first-order valence-electron chi connectivity index (χ1n) is 5.72. The zero-order valence-corrected chi connectivity index (χ0v) is 10.2. The van der Waals surface area contributed by atoms with Gasteiger partial charge in [-0.3, -0.25) is 9.88 Å². The third kappa shape index (κ3) is 2.05. The first-order chi connectivity index (χ1) is 7.00. The molecule has 0 aromatic carbocycles. The number of nitrogens with zero attached hydrogens (tertiary/aromatic N) is 2. The van der Waals surface area contributed by atoms with Gasteiger partial charge in [0.15, 0.2) is 0 Å². The number of hydrogen-bond donors (Lipinski definition) is 0. The SMILES string of the molecule is CCc1cc2c(cn1)CN(C(C)(C)C)C2. The molecule has 1 aliphatic rings. The van der Waals surface area contributed by atoms with E-state index in [-0.39, 0.29) is 5.54 Å². The minimum absolute atomic E-state index is 0.255. The fourth-order valence-electron chi connectivity index (χ4n) is 2.00. The third-order valence-corrected chi connectivity index (χ3v) is 3.17. The van der Waals surface area contributed by atoms with Crippen molar-refractivity contribution in [3.05, 3.63) is 29.1 Å². The first kappa shape index (κ1) is 10.6. The van der Waals surface area contributed by atoms with Crippen molar-refractivity contribution in [1.82, 2.24) is 9.88 Å². The van der Waals surface area contributed by atoms with Gasteiger partial charge in [-0.1, -0.05) is 6.92 Å². The molecule has 2 rings (SSSR count). The number of aryl methyl sites for hydroxylation is 1. The number of aromatic nitrogens is 1. The van der Waals surface area contributed by atoms with E-state index in [1.807, 2.05) is 0 Å². The second kappa shape index (κ2) is 3.60. The van der Waals surface area contributed by atoms with E-state index in [1.54, 1.807) is 0 Å². The Morgan fingerprint density at radius 1 is 1.27 bits per heavy atom. The van der Waals surface area contributed by atoms with E-state index in [0.717, 1.165) is 19.5 Å². The van der Waals surface area contributed by atoms with Gasteiger partial charge in [0.05, 0.1) is 0 Å². The lowest BCUT2D eigenvalue weighted by Gasteiger charge is -2.31. The average Bonchev–Trinajstić information content (AvgIpc) is 2.59. The van der Waals surface area contributed by atoms with Crippen molar-refractivity contribution in [1.29, 1.82) is 0 Å². The average molecular weight is 204 g/mol. The van der Waals surface area contributed by atoms with Crippen LogP contribution in [-0.4, -0.2) is 15.4 Å². The summed E-state index contributed by atoms with van der Waals surface area (Å²) in [6.45, 7) is 11.1. The standard InChI is InChI=1S/C13H20N2/c1-5-12-6-10-8-15(13(2,3)4)9-11(10)7-14-12/h6-7H,5,8-9H2,1-4H3. The predicted molar refractivity (Wildman–Crippen MR) is 62.6 cm³/mol. The minimum atomic E-state index is 0.255. The zero-order chi connectivity index (χ0) is 11.1. The number of fused-ring (bicyclic) bond motifs is 1. The van der Waals surface area contributed by atoms with E-state index in [1.165, 1.54) is 16.8 Å². The van der Waals surface area contributed by atoms with Crippen LogP contribution >= 0.6 is 0 Å². The van der Waals surface area contributed by atoms with Crippen LogP contribution in [-0.2, 0) is 19.5 Å². The molecule has 0 amide bonds. The van der Waals surface area contributed by atoms with Crippen LogP contribution in [0, 0.1) is 0 Å². The molecule has 2 nitrogen and oxygen atoms in total. The zero-order valence-electron chi connectivity index (χ0n) is 10.2. The maximum atomic E-state index is 4.46. The summed E-state index contributed by atoms with van der Waals surface area (Å²) in [5.41, 5.74) is 4.34. The molecule has 0 radical (unpaired) electrons. The molecule has 0 saturated carbocycles. The van der Waals surface area contributed by atoms with Crippen LogP contribution in [0.25, 0.3) is 0 Å². The van der Waals surface area contributed by atoms with Crippen molar-refractivity contribution in [3.63, 3.8) is 0 Å². The highest BCUT2D eigenvalue weighted by atomic mass is 15.2. The van der Waals surface area contributed by atoms with Crippen LogP contribution in [0.5, 0.6) is 0 Å². The molecule has 0 atom stereocenters. The Labute approximate surface area is 92.3 Å². The molecule has 2 heteroatoms. The van der Waals surface area contributed by atoms with Gasteiger partial charge in [0.25, 0.3) is 0 Å². The van der Waals surface area contributed by atoms with Gasteiger partial charge in [-0.25, -0.2) is 0 Å². The molecule has 1 aromatic heterocycles. The molecule has 0 N–H and O–H groups in total. The van der Waals surface area contributed by atoms with Crippen LogP contribution in [0.2, 0.25) is 0 Å². The molecule has 0 saturated heterocycles. The second-order valence-electron chi connectivity index (χ2n) is 5.32. The van der Waals surface area contributed by atoms with Crippen LogP contribution in [0.15, 0.2) is 12.3 Å². The summed E-state index contributed by atoms with van der Waals surface area (Å²) in [6.07, 6.45) is 3.09. The summed E-state index contributed by atoms with van der Waals surface area (Å²) in [6, 6.07) is 2.26. The molecule has 0 fully saturated rings. The van der Waals surface area contributed by atoms with E-state index in [4.69, 9.17) is 0 Å². The van der Waals surface area contributed by atoms with Gasteiger partial charge >= 0.3 is 0 Å². The van der Waals surface area contributed by atoms with E-state index < -0.39 is 0 Å². The number of pyridine rings is 1. The summed E-state index contributed by atoms with van der Waals surface area (Å²) in [7, 11) is 0. The third-order valence-electron chi connectivity index (χ3n) is 3.17. The van der Waals surface area contributed by atoms with E-state index >= 15 is 0 Å². The Bertz CT molecular complexity index is 363. The van der Waals surface area contributed by atoms with Crippen LogP contribution in [0.4, 0.5) is 0 Å². The van der Waals surface area contributed by atoms with Crippen molar-refractivity contribution in [3.8, 4) is 0 Å². The number of hydrogen-bond acceptors (Lipinski definition) is 2. The van der Waals surface area contributed by atoms with Gasteiger partial charge in [0, 0.05) is 30.5 Å². The highest BCUT2D eigenvalue weighted by molar-refractivity contribution is 5.30. The highest BCUT2D eigenvalue weighted by Gasteiger charge is 2.28. The Morgan fingerprint density at radius 2 is 1.93 bits per heavy atom. The van der Waals surface area contributed by atoms with Crippen molar-refractivity contribution in [2.45, 2.75) is 52.7 Å². The van der Waals surface area contributed by atoms with Crippen LogP contribution in [0.3, 0.4) is 0 Å². The van der Waals surface area contributed by atoms with Gasteiger partial charge in [-0.05, 0) is 44.4 Å². The number of rotatable bonds is 1. The Morgan fingerprint density at radius 3 is 2.53 bits per heavy atom. The van der Waals surface area contributed by atoms with Crippen LogP contribution < -0.4 is 0 Å². The quantitative estimate of drug-likeness (QED) is 0.699. The van der Waals surface area contributed by atoms with Crippen molar-refractivity contribution < 1.29 is 0 Å². The molecular weight excluding hydrogens is 184 g/mol. The molecule has 1 aliphatic heterocycles. The Hall–Kier alpha value is -0.890. The smallest absolute Gasteiger partial charge is 0.0404 e. The van der Waals surface area contributed by atoms with Crippen molar-refractivity contribution in [2.24, 2.45) is 0 Å². The molecule has 1 aromatic rings. The second-order valence-corrected chi connectivity index (χ2v) is 5.32. The van der Waals surface area contributed by atoms with Gasteiger partial charge in [-0.15, -0.1) is 0 Å². The largest absolute Gasteiger partial charge is 0.290 e. The Balaban J connectivity index is 2.24. The van der Waals surface area contributed by atoms with Gasteiger partial charge in [0.2, 0.25) is 0 Å². The molecular formula is C13H20N2. The molecule has 0 aliphatic carbocycles. The molecule has 0 spiro atoms. The molecule has 0 unspecified atom stereocenters. The summed E-state index contributed by atoms with van der Waals surface area (Å²) >= 11 is 0. The monoisotopic (exact) mass is 204 g/mol. The molecule has 2 heterocycles. The topological polar surface area (TPSA) is 16.1 Å². The van der Waals surface area contributed by atoms with Crippen molar-refractivity contribution in [2.75, 3.05) is 0 Å².